The van der Waals surface area contributed by atoms with Gasteiger partial charge in [-0.2, -0.15) is 0 Å². The molecule has 1 aromatic rings. The molecule has 1 amide bonds. The SMILES string of the molecule is COCCCCNC(=O)c1cc(Br)cn1C1CC1. The van der Waals surface area contributed by atoms with Crippen molar-refractivity contribution in [2.75, 3.05) is 20.3 Å². The van der Waals surface area contributed by atoms with Gasteiger partial charge in [-0.25, -0.2) is 0 Å². The van der Waals surface area contributed by atoms with E-state index in [0.29, 0.717) is 12.6 Å². The average molecular weight is 315 g/mol. The molecule has 0 bridgehead atoms. The Hall–Kier alpha value is -0.810. The Balaban J connectivity index is 1.84. The quantitative estimate of drug-likeness (QED) is 0.786. The summed E-state index contributed by atoms with van der Waals surface area (Å²) in [6.45, 7) is 1.45. The normalized spacial score (nSPS) is 14.8. The molecule has 0 aromatic carbocycles. The number of methoxy groups -OCH3 is 1. The van der Waals surface area contributed by atoms with Crippen molar-refractivity contribution < 1.29 is 9.53 Å². The molecule has 0 unspecified atom stereocenters. The number of amides is 1. The number of halogens is 1. The summed E-state index contributed by atoms with van der Waals surface area (Å²) in [5.41, 5.74) is 0.760. The van der Waals surface area contributed by atoms with E-state index in [-0.39, 0.29) is 5.91 Å². The molecule has 0 aliphatic heterocycles. The van der Waals surface area contributed by atoms with Crippen LogP contribution in [0.25, 0.3) is 0 Å². The Morgan fingerprint density at radius 3 is 3.00 bits per heavy atom. The zero-order valence-electron chi connectivity index (χ0n) is 10.6. The lowest BCUT2D eigenvalue weighted by Crippen LogP contribution is -2.26. The van der Waals surface area contributed by atoms with Crippen LogP contribution >= 0.6 is 15.9 Å². The van der Waals surface area contributed by atoms with Crippen molar-refractivity contribution in [1.29, 1.82) is 0 Å². The van der Waals surface area contributed by atoms with Crippen LogP contribution in [0.2, 0.25) is 0 Å². The lowest BCUT2D eigenvalue weighted by atomic mass is 10.3. The van der Waals surface area contributed by atoms with E-state index in [9.17, 15) is 4.79 Å². The number of carbonyl (C=O) groups is 1. The Labute approximate surface area is 116 Å². The second kappa shape index (κ2) is 6.38. The summed E-state index contributed by atoms with van der Waals surface area (Å²) in [6, 6.07) is 2.41. The van der Waals surface area contributed by atoms with Crippen LogP contribution in [0.3, 0.4) is 0 Å². The molecule has 18 heavy (non-hydrogen) atoms. The fourth-order valence-electron chi connectivity index (χ4n) is 1.95. The number of nitrogens with one attached hydrogen (secondary N) is 1. The van der Waals surface area contributed by atoms with E-state index in [1.807, 2.05) is 12.3 Å². The molecule has 0 spiro atoms. The summed E-state index contributed by atoms with van der Waals surface area (Å²) < 4.78 is 8.02. The molecule has 4 nitrogen and oxygen atoms in total. The number of nitrogens with zero attached hydrogens (tertiary/aromatic N) is 1. The third-order valence-corrected chi connectivity index (χ3v) is 3.48. The van der Waals surface area contributed by atoms with Crippen LogP contribution in [0.5, 0.6) is 0 Å². The highest BCUT2D eigenvalue weighted by molar-refractivity contribution is 9.10. The Kier molecular flexibility index (Phi) is 4.83. The summed E-state index contributed by atoms with van der Waals surface area (Å²) in [4.78, 5) is 12.1. The molecule has 1 N–H and O–H groups in total. The molecular weight excluding hydrogens is 296 g/mol. The highest BCUT2D eigenvalue weighted by Gasteiger charge is 2.27. The van der Waals surface area contributed by atoms with Crippen molar-refractivity contribution in [2.24, 2.45) is 0 Å². The lowest BCUT2D eigenvalue weighted by molar-refractivity contribution is 0.0942. The first-order valence-corrected chi connectivity index (χ1v) is 7.16. The minimum Gasteiger partial charge on any atom is -0.385 e. The fraction of sp³-hybridized carbons (Fsp3) is 0.615. The maximum Gasteiger partial charge on any atom is 0.267 e. The van der Waals surface area contributed by atoms with Crippen LogP contribution in [-0.4, -0.2) is 30.7 Å². The molecule has 5 heteroatoms. The van der Waals surface area contributed by atoms with E-state index in [4.69, 9.17) is 4.74 Å². The highest BCUT2D eigenvalue weighted by Crippen LogP contribution is 2.37. The zero-order valence-corrected chi connectivity index (χ0v) is 12.2. The van der Waals surface area contributed by atoms with Gasteiger partial charge in [0.15, 0.2) is 0 Å². The van der Waals surface area contributed by atoms with Crippen molar-refractivity contribution in [3.63, 3.8) is 0 Å². The highest BCUT2D eigenvalue weighted by atomic mass is 79.9. The van der Waals surface area contributed by atoms with Gasteiger partial charge >= 0.3 is 0 Å². The van der Waals surface area contributed by atoms with Crippen molar-refractivity contribution in [2.45, 2.75) is 31.7 Å². The van der Waals surface area contributed by atoms with Gasteiger partial charge < -0.3 is 14.6 Å². The first-order chi connectivity index (χ1) is 8.72. The molecular formula is C13H19BrN2O2. The number of hydrogen-bond acceptors (Lipinski definition) is 2. The number of hydrogen-bond donors (Lipinski definition) is 1. The molecule has 2 rings (SSSR count). The van der Waals surface area contributed by atoms with Crippen molar-refractivity contribution >= 4 is 21.8 Å². The Morgan fingerprint density at radius 1 is 1.56 bits per heavy atom. The summed E-state index contributed by atoms with van der Waals surface area (Å²) in [6.07, 6.45) is 6.27. The first-order valence-electron chi connectivity index (χ1n) is 6.37. The third kappa shape index (κ3) is 3.59. The largest absolute Gasteiger partial charge is 0.385 e. The van der Waals surface area contributed by atoms with Gasteiger partial charge in [0, 0.05) is 37.0 Å². The standard InChI is InChI=1S/C13H19BrN2O2/c1-18-7-3-2-6-15-13(17)12-8-10(14)9-16(12)11-4-5-11/h8-9,11H,2-7H2,1H3,(H,15,17). The molecule has 0 radical (unpaired) electrons. The maximum absolute atomic E-state index is 12.1. The Bertz CT molecular complexity index is 413. The molecule has 1 fully saturated rings. The van der Waals surface area contributed by atoms with E-state index >= 15 is 0 Å². The van der Waals surface area contributed by atoms with Crippen LogP contribution in [0.4, 0.5) is 0 Å². The van der Waals surface area contributed by atoms with Crippen molar-refractivity contribution in [1.82, 2.24) is 9.88 Å². The second-order valence-corrected chi connectivity index (χ2v) is 5.55. The fourth-order valence-corrected chi connectivity index (χ4v) is 2.38. The van der Waals surface area contributed by atoms with E-state index in [1.165, 1.54) is 12.8 Å². The maximum atomic E-state index is 12.1. The van der Waals surface area contributed by atoms with Crippen LogP contribution in [0, 0.1) is 0 Å². The molecule has 0 saturated heterocycles. The van der Waals surface area contributed by atoms with Gasteiger partial charge in [0.05, 0.1) is 0 Å². The van der Waals surface area contributed by atoms with Crippen LogP contribution in [0.1, 0.15) is 42.2 Å². The number of rotatable bonds is 7. The van der Waals surface area contributed by atoms with Gasteiger partial charge in [-0.05, 0) is 47.7 Å². The summed E-state index contributed by atoms with van der Waals surface area (Å²) in [5.74, 6) is 0.0185. The predicted molar refractivity (Wildman–Crippen MR) is 73.8 cm³/mol. The molecule has 1 aliphatic carbocycles. The number of aromatic nitrogens is 1. The predicted octanol–water partition coefficient (Wildman–Crippen LogP) is 2.74. The van der Waals surface area contributed by atoms with Gasteiger partial charge in [0.25, 0.3) is 5.91 Å². The van der Waals surface area contributed by atoms with Gasteiger partial charge in [0.2, 0.25) is 0 Å². The smallest absolute Gasteiger partial charge is 0.267 e. The minimum atomic E-state index is 0.0185. The molecule has 1 heterocycles. The first kappa shape index (κ1) is 13.6. The minimum absolute atomic E-state index is 0.0185. The van der Waals surface area contributed by atoms with Gasteiger partial charge in [0.1, 0.15) is 5.69 Å². The molecule has 100 valence electrons. The molecule has 1 aliphatic rings. The topological polar surface area (TPSA) is 43.3 Å². The monoisotopic (exact) mass is 314 g/mol. The van der Waals surface area contributed by atoms with Gasteiger partial charge in [-0.15, -0.1) is 0 Å². The van der Waals surface area contributed by atoms with Crippen molar-refractivity contribution in [3.05, 3.63) is 22.4 Å². The zero-order chi connectivity index (χ0) is 13.0. The van der Waals surface area contributed by atoms with E-state index in [2.05, 4.69) is 25.8 Å². The van der Waals surface area contributed by atoms with Crippen molar-refractivity contribution in [3.8, 4) is 0 Å². The molecule has 1 aromatic heterocycles. The lowest BCUT2D eigenvalue weighted by Gasteiger charge is -2.08. The number of carbonyl (C=O) groups excluding carboxylic acids is 1. The van der Waals surface area contributed by atoms with Crippen LogP contribution < -0.4 is 5.32 Å². The van der Waals surface area contributed by atoms with Gasteiger partial charge in [-0.1, -0.05) is 0 Å². The number of ether oxygens (including phenoxy) is 1. The van der Waals surface area contributed by atoms with E-state index < -0.39 is 0 Å². The van der Waals surface area contributed by atoms with Crippen LogP contribution in [0.15, 0.2) is 16.7 Å². The van der Waals surface area contributed by atoms with Crippen LogP contribution in [-0.2, 0) is 4.74 Å². The summed E-state index contributed by atoms with van der Waals surface area (Å²) in [7, 11) is 1.69. The summed E-state index contributed by atoms with van der Waals surface area (Å²) >= 11 is 3.43. The Morgan fingerprint density at radius 2 is 2.33 bits per heavy atom. The summed E-state index contributed by atoms with van der Waals surface area (Å²) in [5, 5.41) is 2.96. The average Bonchev–Trinajstić information content (AvgIpc) is 3.12. The van der Waals surface area contributed by atoms with Gasteiger partial charge in [-0.3, -0.25) is 4.79 Å². The van der Waals surface area contributed by atoms with E-state index in [0.717, 1.165) is 29.6 Å². The third-order valence-electron chi connectivity index (χ3n) is 3.05. The number of unbranched alkanes of at least 4 members (excludes halogenated alkanes) is 1. The van der Waals surface area contributed by atoms with E-state index in [1.54, 1.807) is 7.11 Å². The second-order valence-electron chi connectivity index (χ2n) is 4.64. The molecule has 1 saturated carbocycles. The molecule has 0 atom stereocenters.